The minimum absolute atomic E-state index is 0.359. The Morgan fingerprint density at radius 2 is 0.460 bits per heavy atom. The molecule has 0 unspecified atom stereocenters. The van der Waals surface area contributed by atoms with E-state index in [4.69, 9.17) is 29.9 Å². The van der Waals surface area contributed by atoms with Gasteiger partial charge in [0.2, 0.25) is 0 Å². The lowest BCUT2D eigenvalue weighted by Crippen LogP contribution is -2.15. The molecule has 6 aromatic heterocycles. The molecule has 0 bridgehead atoms. The average Bonchev–Trinajstić information content (AvgIpc) is 1.57. The predicted octanol–water partition coefficient (Wildman–Crippen LogP) is 28.2. The Balaban J connectivity index is 0.527. The van der Waals surface area contributed by atoms with Crippen LogP contribution < -0.4 is 0 Å². The van der Waals surface area contributed by atoms with Crippen molar-refractivity contribution in [1.29, 1.82) is 0 Å². The molecule has 0 radical (unpaired) electrons. The molecule has 584 valence electrons. The Bertz CT molecular complexity index is 7940. The van der Waals surface area contributed by atoms with Crippen LogP contribution in [0.4, 0.5) is 0 Å². The zero-order valence-electron chi connectivity index (χ0n) is 68.7. The summed E-state index contributed by atoms with van der Waals surface area (Å²) < 4.78 is 9.44. The maximum atomic E-state index is 5.41. The number of nitrogens with zero attached hydrogens (tertiary/aromatic N) is 10. The van der Waals surface area contributed by atoms with E-state index in [0.29, 0.717) is 34.9 Å². The van der Waals surface area contributed by atoms with Crippen LogP contribution >= 0.6 is 0 Å². The Morgan fingerprint density at radius 1 is 0.218 bits per heavy atom. The zero-order valence-corrected chi connectivity index (χ0v) is 68.7. The largest absolute Gasteiger partial charge is 0.310 e. The minimum Gasteiger partial charge on any atom is -0.310 e. The fraction of sp³-hybridized carbons (Fsp3) is 0.0702. The first-order chi connectivity index (χ1) is 60.9. The Morgan fingerprint density at radius 3 is 0.774 bits per heavy atom. The maximum absolute atomic E-state index is 5.41. The van der Waals surface area contributed by atoms with Crippen molar-refractivity contribution in [2.45, 2.75) is 51.4 Å². The predicted molar refractivity (Wildman–Crippen MR) is 509 cm³/mol. The highest BCUT2D eigenvalue weighted by molar-refractivity contribution is 6.12. The summed E-state index contributed by atoms with van der Waals surface area (Å²) in [5.74, 6) is 3.66. The van der Waals surface area contributed by atoms with Gasteiger partial charge in [-0.3, -0.25) is 0 Å². The molecule has 25 rings (SSSR count). The number of hydrogen-bond donors (Lipinski definition) is 0. The molecule has 0 atom stereocenters. The van der Waals surface area contributed by atoms with E-state index in [-0.39, 0.29) is 10.8 Å². The molecule has 124 heavy (non-hydrogen) atoms. The van der Waals surface area contributed by atoms with Gasteiger partial charge in [-0.25, -0.2) is 29.9 Å². The normalized spacial score (nSPS) is 13.5. The number of aryl methyl sites for hydroxylation is 1. The monoisotopic (exact) mass is 1590 g/mol. The van der Waals surface area contributed by atoms with E-state index in [0.717, 1.165) is 113 Å². The van der Waals surface area contributed by atoms with Crippen LogP contribution in [0.3, 0.4) is 0 Å². The second kappa shape index (κ2) is 27.4. The van der Waals surface area contributed by atoms with Gasteiger partial charge in [0.15, 0.2) is 34.9 Å². The molecule has 0 saturated carbocycles. The molecule has 10 heteroatoms. The van der Waals surface area contributed by atoms with E-state index in [1.54, 1.807) is 0 Å². The number of rotatable bonds is 12. The summed E-state index contributed by atoms with van der Waals surface area (Å²) in [4.78, 5) is 32.3. The van der Waals surface area contributed by atoms with Crippen molar-refractivity contribution in [3.05, 3.63) is 404 Å². The van der Waals surface area contributed by atoms with Crippen molar-refractivity contribution >= 4 is 82.4 Å². The van der Waals surface area contributed by atoms with Gasteiger partial charge in [-0.15, -0.1) is 0 Å². The first-order valence-corrected chi connectivity index (χ1v) is 42.9. The number of benzene rings is 16. The number of aromatic nitrogens is 10. The summed E-state index contributed by atoms with van der Waals surface area (Å²) in [5, 5.41) is 8.65. The Hall–Kier alpha value is -15.8. The lowest BCUT2D eigenvalue weighted by Gasteiger charge is -2.23. The molecule has 6 heterocycles. The number of allylic oxidation sites excluding steroid dienone is 1. The van der Waals surface area contributed by atoms with Gasteiger partial charge in [0.05, 0.1) is 38.6 Å². The Labute approximate surface area is 716 Å². The lowest BCUT2D eigenvalue weighted by atomic mass is 9.80. The van der Waals surface area contributed by atoms with Crippen molar-refractivity contribution in [1.82, 2.24) is 48.2 Å². The second-order valence-electron chi connectivity index (χ2n) is 34.4. The smallest absolute Gasteiger partial charge is 0.164 e. The van der Waals surface area contributed by atoms with E-state index in [9.17, 15) is 0 Å². The minimum atomic E-state index is -0.362. The van der Waals surface area contributed by atoms with Crippen LogP contribution in [0.2, 0.25) is 0 Å². The molecule has 3 aliphatic carbocycles. The molecule has 0 spiro atoms. The van der Waals surface area contributed by atoms with E-state index in [1.807, 2.05) is 0 Å². The molecule has 0 aliphatic heterocycles. The van der Waals surface area contributed by atoms with Crippen molar-refractivity contribution < 1.29 is 0 Å². The fourth-order valence-electron chi connectivity index (χ4n) is 20.6. The molecule has 3 aliphatic rings. The second-order valence-corrected chi connectivity index (χ2v) is 34.4. The molecule has 0 saturated heterocycles. The number of fused-ring (bicyclic) bond motifs is 18. The molecule has 16 aromatic carbocycles. The standard InChI is InChI=1S/C114H78N10/c1-113(2)95-65-75(48-60-83(95)85-62-50-77(67-97(85)113)111-117-107(69-40-52-79(53-41-69)121-99-32-13-5-24-87(99)88-25-6-14-33-100(88)121)115-108(118-111)70-42-54-80(55-43-70)122-101-34-15-7-26-89(101)90-27-8-16-35-102(90)122)73-22-21-23-74(64-73)76-49-61-84-86-63-51-78(68-98(86)114(3,4)96(84)66-76)112-119-109(71-44-56-81(57-45-71)123-103-36-17-9-28-91(103)92-29-10-18-37-104(92)123)116-110(120-112)72-46-58-82(59-47-72)124-105-38-19-11-30-93(105)94-31-12-20-39-106(94)124/h5-11,13-30,32-68H,12,31H2,1-4H3. The van der Waals surface area contributed by atoms with Gasteiger partial charge in [0.1, 0.15) is 0 Å². The van der Waals surface area contributed by atoms with Gasteiger partial charge in [-0.05, 0) is 261 Å². The molecule has 22 aromatic rings. The van der Waals surface area contributed by atoms with Gasteiger partial charge in [0, 0.05) is 110 Å². The Kier molecular flexibility index (Phi) is 15.7. The summed E-state index contributed by atoms with van der Waals surface area (Å²) in [6.45, 7) is 9.44. The number of hydrogen-bond acceptors (Lipinski definition) is 6. The van der Waals surface area contributed by atoms with Crippen LogP contribution in [0.25, 0.3) is 218 Å². The lowest BCUT2D eigenvalue weighted by molar-refractivity contribution is 0.660. The number of para-hydroxylation sites is 7. The molecule has 0 N–H and O–H groups in total. The fourth-order valence-corrected chi connectivity index (χ4v) is 20.6. The van der Waals surface area contributed by atoms with Crippen molar-refractivity contribution in [3.8, 4) is 136 Å². The van der Waals surface area contributed by atoms with Gasteiger partial charge in [0.25, 0.3) is 0 Å². The topological polar surface area (TPSA) is 97.1 Å². The van der Waals surface area contributed by atoms with Crippen LogP contribution in [0.5, 0.6) is 0 Å². The summed E-state index contributed by atoms with van der Waals surface area (Å²) in [6.07, 6.45) is 6.65. The molecular weight excluding hydrogens is 1510 g/mol. The van der Waals surface area contributed by atoms with E-state index < -0.39 is 0 Å². The van der Waals surface area contributed by atoms with Gasteiger partial charge in [-0.2, -0.15) is 0 Å². The van der Waals surface area contributed by atoms with E-state index >= 15 is 0 Å². The van der Waals surface area contributed by atoms with Crippen molar-refractivity contribution in [2.75, 3.05) is 0 Å². The van der Waals surface area contributed by atoms with Gasteiger partial charge < -0.3 is 18.3 Å². The van der Waals surface area contributed by atoms with Crippen molar-refractivity contribution in [3.63, 3.8) is 0 Å². The third kappa shape index (κ3) is 11.1. The average molecular weight is 1590 g/mol. The maximum Gasteiger partial charge on any atom is 0.164 e. The summed E-state index contributed by atoms with van der Waals surface area (Å²) in [5.41, 5.74) is 34.5. The van der Waals surface area contributed by atoms with E-state index in [1.165, 1.54) is 110 Å². The third-order valence-electron chi connectivity index (χ3n) is 26.8. The molecule has 0 amide bonds. The van der Waals surface area contributed by atoms with Crippen LogP contribution in [0.1, 0.15) is 67.6 Å². The van der Waals surface area contributed by atoms with Crippen LogP contribution in [-0.4, -0.2) is 48.2 Å². The van der Waals surface area contributed by atoms with Crippen LogP contribution in [-0.2, 0) is 17.3 Å². The van der Waals surface area contributed by atoms with Crippen molar-refractivity contribution in [2.24, 2.45) is 0 Å². The molecular formula is C114H78N10. The first kappa shape index (κ1) is 71.2. The molecule has 10 nitrogen and oxygen atoms in total. The molecule has 0 fully saturated rings. The van der Waals surface area contributed by atoms with Gasteiger partial charge in [-0.1, -0.05) is 228 Å². The van der Waals surface area contributed by atoms with Crippen LogP contribution in [0, 0.1) is 0 Å². The summed E-state index contributed by atoms with van der Waals surface area (Å²) in [7, 11) is 0. The third-order valence-corrected chi connectivity index (χ3v) is 26.8. The quantitative estimate of drug-likeness (QED) is 0.121. The van der Waals surface area contributed by atoms with Gasteiger partial charge >= 0.3 is 0 Å². The first-order valence-electron chi connectivity index (χ1n) is 42.9. The SMILES string of the molecule is CC1(C)c2cc(-c3cccc(-c4ccc5c(c4)C(C)(C)c4cc(-c6nc(-c7ccc(-n8c9ccccc9c9ccccc98)cc7)nc(-c7ccc(-n8c9ccccc9c9ccccc98)cc7)n6)ccc4-5)c3)ccc2-c2ccc(-c3nc(-c4ccc(-n5c6c(c7ccccc75)CCC=C6)cc4)nc(-c4ccc(-n5c6ccccc6c6ccccc65)cc4)n3)cc21. The highest BCUT2D eigenvalue weighted by Crippen LogP contribution is 2.54. The summed E-state index contributed by atoms with van der Waals surface area (Å²) in [6, 6.07) is 132. The highest BCUT2D eigenvalue weighted by Gasteiger charge is 2.39. The van der Waals surface area contributed by atoms with Crippen LogP contribution in [0.15, 0.2) is 370 Å². The highest BCUT2D eigenvalue weighted by atomic mass is 15.1. The summed E-state index contributed by atoms with van der Waals surface area (Å²) >= 11 is 0. The van der Waals surface area contributed by atoms with E-state index in [2.05, 4.69) is 422 Å². The zero-order chi connectivity index (χ0) is 82.2.